The number of methoxy groups -OCH3 is 1. The van der Waals surface area contributed by atoms with Gasteiger partial charge in [-0.3, -0.25) is 4.79 Å². The molecule has 2 N–H and O–H groups in total. The van der Waals surface area contributed by atoms with E-state index in [1.807, 2.05) is 26.0 Å². The lowest BCUT2D eigenvalue weighted by Gasteiger charge is -2.33. The van der Waals surface area contributed by atoms with Crippen LogP contribution < -0.4 is 15.4 Å². The molecule has 1 amide bonds. The van der Waals surface area contributed by atoms with Crippen molar-refractivity contribution >= 4 is 27.5 Å². The number of amides is 1. The quantitative estimate of drug-likeness (QED) is 0.887. The molecule has 0 aromatic heterocycles. The molecule has 1 aromatic carbocycles. The van der Waals surface area contributed by atoms with Crippen molar-refractivity contribution in [1.29, 1.82) is 0 Å². The summed E-state index contributed by atoms with van der Waals surface area (Å²) in [7, 11) is 1.61. The second-order valence-electron chi connectivity index (χ2n) is 5.47. The van der Waals surface area contributed by atoms with Crippen molar-refractivity contribution in [2.45, 2.75) is 38.6 Å². The monoisotopic (exact) mass is 340 g/mol. The fraction of sp³-hybridized carbons (Fsp3) is 0.533. The van der Waals surface area contributed by atoms with Crippen LogP contribution in [0.15, 0.2) is 16.6 Å². The Morgan fingerprint density at radius 2 is 2.20 bits per heavy atom. The lowest BCUT2D eigenvalue weighted by atomic mass is 9.90. The first-order chi connectivity index (χ1) is 9.46. The number of carbonyl (C=O) groups is 1. The molecule has 2 rings (SSSR count). The summed E-state index contributed by atoms with van der Waals surface area (Å²) in [6.07, 6.45) is 3.06. The molecule has 1 fully saturated rings. The molecule has 1 atom stereocenters. The maximum absolute atomic E-state index is 12.6. The van der Waals surface area contributed by atoms with Gasteiger partial charge in [0.15, 0.2) is 0 Å². The van der Waals surface area contributed by atoms with Crippen molar-refractivity contribution in [3.05, 3.63) is 22.2 Å². The van der Waals surface area contributed by atoms with E-state index in [-0.39, 0.29) is 5.91 Å². The molecule has 0 aliphatic carbocycles. The van der Waals surface area contributed by atoms with Gasteiger partial charge in [-0.25, -0.2) is 0 Å². The highest BCUT2D eigenvalue weighted by atomic mass is 79.9. The predicted octanol–water partition coefficient (Wildman–Crippen LogP) is 3.24. The van der Waals surface area contributed by atoms with Crippen LogP contribution in [-0.4, -0.2) is 25.1 Å². The predicted molar refractivity (Wildman–Crippen MR) is 84.3 cm³/mol. The van der Waals surface area contributed by atoms with Crippen LogP contribution in [0.5, 0.6) is 5.75 Å². The molecule has 1 unspecified atom stereocenters. The molecule has 0 spiro atoms. The maximum atomic E-state index is 12.6. The van der Waals surface area contributed by atoms with Gasteiger partial charge in [-0.05, 0) is 57.4 Å². The molecule has 20 heavy (non-hydrogen) atoms. The molecule has 0 saturated carbocycles. The van der Waals surface area contributed by atoms with Crippen LogP contribution in [0.25, 0.3) is 0 Å². The molecule has 5 heteroatoms. The minimum Gasteiger partial charge on any atom is -0.495 e. The smallest absolute Gasteiger partial charge is 0.244 e. The van der Waals surface area contributed by atoms with Crippen LogP contribution in [0.1, 0.15) is 31.7 Å². The number of rotatable bonds is 3. The first kappa shape index (κ1) is 15.3. The summed E-state index contributed by atoms with van der Waals surface area (Å²) < 4.78 is 6.30. The standard InChI is InChI=1S/C15H21BrN2O2/c1-10-8-11(16)9-12(20-3)13(10)18-14(19)15(2)6-4-5-7-17-15/h8-9,17H,4-7H2,1-3H3,(H,18,19). The number of aryl methyl sites for hydroxylation is 1. The summed E-state index contributed by atoms with van der Waals surface area (Å²) in [6, 6.07) is 3.83. The van der Waals surface area contributed by atoms with Crippen molar-refractivity contribution in [1.82, 2.24) is 5.32 Å². The number of halogens is 1. The molecule has 1 aromatic rings. The normalized spacial score (nSPS) is 22.4. The van der Waals surface area contributed by atoms with Crippen molar-refractivity contribution in [3.63, 3.8) is 0 Å². The van der Waals surface area contributed by atoms with E-state index in [0.717, 1.165) is 41.5 Å². The van der Waals surface area contributed by atoms with E-state index in [1.165, 1.54) is 0 Å². The van der Waals surface area contributed by atoms with Gasteiger partial charge in [-0.15, -0.1) is 0 Å². The second kappa shape index (κ2) is 6.14. The first-order valence-electron chi connectivity index (χ1n) is 6.87. The molecular weight excluding hydrogens is 320 g/mol. The minimum atomic E-state index is -0.497. The van der Waals surface area contributed by atoms with Gasteiger partial charge in [0, 0.05) is 4.47 Å². The number of piperidine rings is 1. The SMILES string of the molecule is COc1cc(Br)cc(C)c1NC(=O)C1(C)CCCCN1. The Balaban J connectivity index is 2.23. The van der Waals surface area contributed by atoms with Gasteiger partial charge in [0.1, 0.15) is 5.75 Å². The fourth-order valence-electron chi connectivity index (χ4n) is 2.54. The summed E-state index contributed by atoms with van der Waals surface area (Å²) in [5, 5.41) is 6.34. The van der Waals surface area contributed by atoms with Gasteiger partial charge in [0.2, 0.25) is 5.91 Å². The average molecular weight is 341 g/mol. The fourth-order valence-corrected chi connectivity index (χ4v) is 3.09. The minimum absolute atomic E-state index is 0.000854. The van der Waals surface area contributed by atoms with Gasteiger partial charge in [-0.1, -0.05) is 15.9 Å². The molecule has 0 radical (unpaired) electrons. The molecule has 110 valence electrons. The number of anilines is 1. The van der Waals surface area contributed by atoms with Crippen LogP contribution in [0.2, 0.25) is 0 Å². The summed E-state index contributed by atoms with van der Waals surface area (Å²) in [6.45, 7) is 4.81. The van der Waals surface area contributed by atoms with E-state index >= 15 is 0 Å². The van der Waals surface area contributed by atoms with Gasteiger partial charge in [0.05, 0.1) is 18.3 Å². The number of hydrogen-bond donors (Lipinski definition) is 2. The van der Waals surface area contributed by atoms with Crippen LogP contribution in [0.3, 0.4) is 0 Å². The lowest BCUT2D eigenvalue weighted by molar-refractivity contribution is -0.122. The zero-order chi connectivity index (χ0) is 14.8. The molecule has 1 saturated heterocycles. The molecule has 4 nitrogen and oxygen atoms in total. The summed E-state index contributed by atoms with van der Waals surface area (Å²) in [4.78, 5) is 12.6. The Kier molecular flexibility index (Phi) is 4.70. The maximum Gasteiger partial charge on any atom is 0.244 e. The van der Waals surface area contributed by atoms with Gasteiger partial charge in [0.25, 0.3) is 0 Å². The van der Waals surface area contributed by atoms with Crippen molar-refractivity contribution in [2.75, 3.05) is 19.0 Å². The summed E-state index contributed by atoms with van der Waals surface area (Å²) in [5.41, 5.74) is 1.22. The van der Waals surface area contributed by atoms with Crippen LogP contribution in [-0.2, 0) is 4.79 Å². The number of carbonyl (C=O) groups excluding carboxylic acids is 1. The van der Waals surface area contributed by atoms with E-state index < -0.39 is 5.54 Å². The van der Waals surface area contributed by atoms with Gasteiger partial charge >= 0.3 is 0 Å². The first-order valence-corrected chi connectivity index (χ1v) is 7.66. The van der Waals surface area contributed by atoms with Crippen molar-refractivity contribution < 1.29 is 9.53 Å². The Morgan fingerprint density at radius 1 is 1.45 bits per heavy atom. The number of benzene rings is 1. The van der Waals surface area contributed by atoms with Crippen LogP contribution in [0, 0.1) is 6.92 Å². The number of hydrogen-bond acceptors (Lipinski definition) is 3. The van der Waals surface area contributed by atoms with Crippen LogP contribution in [0.4, 0.5) is 5.69 Å². The Morgan fingerprint density at radius 3 is 2.80 bits per heavy atom. The van der Waals surface area contributed by atoms with Crippen molar-refractivity contribution in [2.24, 2.45) is 0 Å². The van der Waals surface area contributed by atoms with Crippen molar-refractivity contribution in [3.8, 4) is 5.75 Å². The highest BCUT2D eigenvalue weighted by molar-refractivity contribution is 9.10. The molecular formula is C15H21BrN2O2. The third-order valence-electron chi connectivity index (χ3n) is 3.84. The highest BCUT2D eigenvalue weighted by Crippen LogP contribution is 2.33. The van der Waals surface area contributed by atoms with Gasteiger partial charge < -0.3 is 15.4 Å². The Labute approximate surface area is 128 Å². The molecule has 1 aliphatic rings. The molecule has 1 aliphatic heterocycles. The highest BCUT2D eigenvalue weighted by Gasteiger charge is 2.34. The topological polar surface area (TPSA) is 50.4 Å². The van der Waals surface area contributed by atoms with E-state index in [2.05, 4.69) is 26.6 Å². The third-order valence-corrected chi connectivity index (χ3v) is 4.30. The average Bonchev–Trinajstić information content (AvgIpc) is 2.42. The zero-order valence-corrected chi connectivity index (χ0v) is 13.8. The van der Waals surface area contributed by atoms with Crippen LogP contribution >= 0.6 is 15.9 Å². The Bertz CT molecular complexity index is 511. The lowest BCUT2D eigenvalue weighted by Crippen LogP contribution is -2.54. The van der Waals surface area contributed by atoms with Gasteiger partial charge in [-0.2, -0.15) is 0 Å². The number of ether oxygens (including phenoxy) is 1. The van der Waals surface area contributed by atoms with E-state index in [4.69, 9.17) is 4.74 Å². The number of nitrogens with one attached hydrogen (secondary N) is 2. The summed E-state index contributed by atoms with van der Waals surface area (Å²) in [5.74, 6) is 0.672. The van der Waals surface area contributed by atoms with E-state index in [9.17, 15) is 4.79 Å². The summed E-state index contributed by atoms with van der Waals surface area (Å²) >= 11 is 3.44. The second-order valence-corrected chi connectivity index (χ2v) is 6.39. The zero-order valence-electron chi connectivity index (χ0n) is 12.2. The molecule has 0 bridgehead atoms. The molecule has 1 heterocycles. The Hall–Kier alpha value is -1.07. The van der Waals surface area contributed by atoms with E-state index in [1.54, 1.807) is 7.11 Å². The third kappa shape index (κ3) is 3.15. The largest absolute Gasteiger partial charge is 0.495 e. The van der Waals surface area contributed by atoms with E-state index in [0.29, 0.717) is 5.75 Å².